The number of rotatable bonds is 19. The molecule has 0 unspecified atom stereocenters. The third-order valence-electron chi connectivity index (χ3n) is 5.36. The second kappa shape index (κ2) is 19.7. The SMILES string of the molecule is CCCCCC/C=C/CCCCCCCCCC(=O)OCCCc1ccccc1. The average molecular weight is 401 g/mol. The zero-order valence-electron chi connectivity index (χ0n) is 18.9. The maximum Gasteiger partial charge on any atom is 0.305 e. The van der Waals surface area contributed by atoms with Crippen LogP contribution in [-0.2, 0) is 16.0 Å². The van der Waals surface area contributed by atoms with Crippen molar-refractivity contribution in [3.8, 4) is 0 Å². The van der Waals surface area contributed by atoms with E-state index in [9.17, 15) is 4.79 Å². The van der Waals surface area contributed by atoms with E-state index in [1.807, 2.05) is 6.07 Å². The van der Waals surface area contributed by atoms with Gasteiger partial charge in [0.1, 0.15) is 0 Å². The Kier molecular flexibility index (Phi) is 17.3. The van der Waals surface area contributed by atoms with Crippen LogP contribution in [-0.4, -0.2) is 12.6 Å². The average Bonchev–Trinajstić information content (AvgIpc) is 2.75. The van der Waals surface area contributed by atoms with Crippen LogP contribution in [0.15, 0.2) is 42.5 Å². The lowest BCUT2D eigenvalue weighted by Gasteiger charge is -2.05. The lowest BCUT2D eigenvalue weighted by atomic mass is 10.1. The summed E-state index contributed by atoms with van der Waals surface area (Å²) < 4.78 is 5.34. The summed E-state index contributed by atoms with van der Waals surface area (Å²) in [7, 11) is 0. The highest BCUT2D eigenvalue weighted by molar-refractivity contribution is 5.69. The van der Waals surface area contributed by atoms with Gasteiger partial charge in [0.2, 0.25) is 0 Å². The first-order valence-corrected chi connectivity index (χ1v) is 12.2. The Morgan fingerprint density at radius 1 is 0.759 bits per heavy atom. The van der Waals surface area contributed by atoms with E-state index in [-0.39, 0.29) is 5.97 Å². The van der Waals surface area contributed by atoms with Gasteiger partial charge in [-0.2, -0.15) is 0 Å². The molecular formula is C27H44O2. The number of aryl methyl sites for hydroxylation is 1. The van der Waals surface area contributed by atoms with Crippen LogP contribution in [0.5, 0.6) is 0 Å². The number of carbonyl (C=O) groups is 1. The summed E-state index contributed by atoms with van der Waals surface area (Å²) in [5.41, 5.74) is 1.31. The third kappa shape index (κ3) is 17.0. The van der Waals surface area contributed by atoms with Crippen LogP contribution in [0.3, 0.4) is 0 Å². The summed E-state index contributed by atoms with van der Waals surface area (Å²) >= 11 is 0. The Morgan fingerprint density at radius 3 is 2.00 bits per heavy atom. The van der Waals surface area contributed by atoms with Crippen LogP contribution in [0.1, 0.15) is 109 Å². The highest BCUT2D eigenvalue weighted by Crippen LogP contribution is 2.11. The fourth-order valence-electron chi connectivity index (χ4n) is 3.52. The van der Waals surface area contributed by atoms with Gasteiger partial charge in [-0.25, -0.2) is 0 Å². The van der Waals surface area contributed by atoms with Crippen LogP contribution in [0.2, 0.25) is 0 Å². The second-order valence-corrected chi connectivity index (χ2v) is 8.14. The van der Waals surface area contributed by atoms with Crippen molar-refractivity contribution in [3.05, 3.63) is 48.0 Å². The molecule has 164 valence electrons. The van der Waals surface area contributed by atoms with Gasteiger partial charge in [0.25, 0.3) is 0 Å². The summed E-state index contributed by atoms with van der Waals surface area (Å²) in [4.78, 5) is 11.8. The van der Waals surface area contributed by atoms with Crippen LogP contribution in [0.4, 0.5) is 0 Å². The molecule has 0 amide bonds. The van der Waals surface area contributed by atoms with E-state index >= 15 is 0 Å². The predicted octanol–water partition coefficient (Wildman–Crippen LogP) is 8.20. The zero-order chi connectivity index (χ0) is 20.8. The number of unbranched alkanes of at least 4 members (excludes halogenated alkanes) is 11. The molecule has 29 heavy (non-hydrogen) atoms. The predicted molar refractivity (Wildman–Crippen MR) is 125 cm³/mol. The van der Waals surface area contributed by atoms with Crippen molar-refractivity contribution in [2.45, 2.75) is 110 Å². The Hall–Kier alpha value is -1.57. The van der Waals surface area contributed by atoms with Gasteiger partial charge in [0, 0.05) is 6.42 Å². The van der Waals surface area contributed by atoms with E-state index < -0.39 is 0 Å². The molecule has 2 heteroatoms. The number of allylic oxidation sites excluding steroid dienone is 2. The second-order valence-electron chi connectivity index (χ2n) is 8.14. The van der Waals surface area contributed by atoms with Gasteiger partial charge in [0.05, 0.1) is 6.61 Å². The van der Waals surface area contributed by atoms with Crippen LogP contribution in [0.25, 0.3) is 0 Å². The quantitative estimate of drug-likeness (QED) is 0.133. The van der Waals surface area contributed by atoms with Crippen molar-refractivity contribution in [1.29, 1.82) is 0 Å². The highest BCUT2D eigenvalue weighted by atomic mass is 16.5. The fraction of sp³-hybridized carbons (Fsp3) is 0.667. The van der Waals surface area contributed by atoms with Gasteiger partial charge in [0.15, 0.2) is 0 Å². The van der Waals surface area contributed by atoms with E-state index in [1.54, 1.807) is 0 Å². The minimum Gasteiger partial charge on any atom is -0.466 e. The Labute approximate surface area is 180 Å². The first-order chi connectivity index (χ1) is 14.3. The lowest BCUT2D eigenvalue weighted by molar-refractivity contribution is -0.143. The van der Waals surface area contributed by atoms with Crippen LogP contribution in [0, 0.1) is 0 Å². The molecule has 0 aliphatic carbocycles. The molecule has 0 atom stereocenters. The van der Waals surface area contributed by atoms with Crippen LogP contribution < -0.4 is 0 Å². The first kappa shape index (κ1) is 25.5. The Morgan fingerprint density at radius 2 is 1.34 bits per heavy atom. The van der Waals surface area contributed by atoms with E-state index in [4.69, 9.17) is 4.74 Å². The van der Waals surface area contributed by atoms with E-state index in [2.05, 4.69) is 43.3 Å². The molecule has 0 aromatic heterocycles. The molecule has 1 rings (SSSR count). The van der Waals surface area contributed by atoms with Gasteiger partial charge in [-0.3, -0.25) is 4.79 Å². The summed E-state index contributed by atoms with van der Waals surface area (Å²) in [6.45, 7) is 2.81. The molecule has 0 saturated heterocycles. The lowest BCUT2D eigenvalue weighted by Crippen LogP contribution is -2.06. The minimum absolute atomic E-state index is 0.0282. The molecule has 0 saturated carbocycles. The molecule has 0 heterocycles. The van der Waals surface area contributed by atoms with Crippen molar-refractivity contribution in [3.63, 3.8) is 0 Å². The minimum atomic E-state index is -0.0282. The molecule has 0 aliphatic rings. The van der Waals surface area contributed by atoms with Crippen molar-refractivity contribution < 1.29 is 9.53 Å². The number of ether oxygens (including phenoxy) is 1. The smallest absolute Gasteiger partial charge is 0.305 e. The first-order valence-electron chi connectivity index (χ1n) is 12.2. The maximum atomic E-state index is 11.8. The van der Waals surface area contributed by atoms with Gasteiger partial charge in [-0.1, -0.05) is 101 Å². The molecule has 0 bridgehead atoms. The number of hydrogen-bond acceptors (Lipinski definition) is 2. The topological polar surface area (TPSA) is 26.3 Å². The van der Waals surface area contributed by atoms with E-state index in [1.165, 1.54) is 76.2 Å². The summed E-state index contributed by atoms with van der Waals surface area (Å²) in [6, 6.07) is 10.4. The number of hydrogen-bond donors (Lipinski definition) is 0. The van der Waals surface area contributed by atoms with Crippen molar-refractivity contribution in [1.82, 2.24) is 0 Å². The van der Waals surface area contributed by atoms with Gasteiger partial charge in [-0.05, 0) is 50.5 Å². The Bertz CT molecular complexity index is 507. The molecule has 2 nitrogen and oxygen atoms in total. The fourth-order valence-corrected chi connectivity index (χ4v) is 3.52. The van der Waals surface area contributed by atoms with E-state index in [0.29, 0.717) is 13.0 Å². The number of esters is 1. The van der Waals surface area contributed by atoms with Gasteiger partial charge in [-0.15, -0.1) is 0 Å². The zero-order valence-corrected chi connectivity index (χ0v) is 18.9. The maximum absolute atomic E-state index is 11.8. The van der Waals surface area contributed by atoms with Crippen LogP contribution >= 0.6 is 0 Å². The Balaban J connectivity index is 1.79. The van der Waals surface area contributed by atoms with Crippen molar-refractivity contribution in [2.24, 2.45) is 0 Å². The highest BCUT2D eigenvalue weighted by Gasteiger charge is 2.02. The number of carbonyl (C=O) groups excluding carboxylic acids is 1. The third-order valence-corrected chi connectivity index (χ3v) is 5.36. The molecule has 0 aliphatic heterocycles. The largest absolute Gasteiger partial charge is 0.466 e. The number of benzene rings is 1. The summed E-state index contributed by atoms with van der Waals surface area (Å²) in [5.74, 6) is -0.0282. The summed E-state index contributed by atoms with van der Waals surface area (Å²) in [5, 5.41) is 0. The molecule has 0 radical (unpaired) electrons. The monoisotopic (exact) mass is 400 g/mol. The summed E-state index contributed by atoms with van der Waals surface area (Å²) in [6.07, 6.45) is 23.8. The standard InChI is InChI=1S/C27H44O2/c1-2-3-4-5-6-7-8-9-10-11-12-13-14-15-19-24-27(28)29-25-20-23-26-21-17-16-18-22-26/h7-8,16-18,21-22H,2-6,9-15,19-20,23-25H2,1H3/b8-7+. The van der Waals surface area contributed by atoms with Gasteiger partial charge >= 0.3 is 5.97 Å². The van der Waals surface area contributed by atoms with Crippen molar-refractivity contribution in [2.75, 3.05) is 6.61 Å². The van der Waals surface area contributed by atoms with E-state index in [0.717, 1.165) is 25.7 Å². The molecular weight excluding hydrogens is 356 g/mol. The normalized spacial score (nSPS) is 11.2. The molecule has 0 spiro atoms. The van der Waals surface area contributed by atoms with Crippen molar-refractivity contribution >= 4 is 5.97 Å². The molecule has 0 N–H and O–H groups in total. The molecule has 1 aromatic rings. The molecule has 1 aromatic carbocycles. The molecule has 0 fully saturated rings. The van der Waals surface area contributed by atoms with Gasteiger partial charge < -0.3 is 4.74 Å².